The van der Waals surface area contributed by atoms with E-state index in [1.807, 2.05) is 29.2 Å². The summed E-state index contributed by atoms with van der Waals surface area (Å²) in [5, 5.41) is 0. The van der Waals surface area contributed by atoms with Crippen molar-refractivity contribution >= 4 is 5.91 Å². The number of carbonyl (C=O) groups excluding carboxylic acids is 1. The Balaban J connectivity index is 1.78. The third-order valence-electron chi connectivity index (χ3n) is 5.19. The lowest BCUT2D eigenvalue weighted by Crippen LogP contribution is -2.51. The molecule has 2 aromatic carbocycles. The lowest BCUT2D eigenvalue weighted by Gasteiger charge is -2.41. The maximum absolute atomic E-state index is 13.2. The van der Waals surface area contributed by atoms with Crippen LogP contribution < -0.4 is 4.74 Å². The van der Waals surface area contributed by atoms with Crippen LogP contribution in [0.4, 0.5) is 4.39 Å². The summed E-state index contributed by atoms with van der Waals surface area (Å²) in [6.45, 7) is 1.48. The van der Waals surface area contributed by atoms with Crippen LogP contribution in [0.15, 0.2) is 48.5 Å². The van der Waals surface area contributed by atoms with E-state index >= 15 is 0 Å². The van der Waals surface area contributed by atoms with Crippen LogP contribution in [0.25, 0.3) is 0 Å². The van der Waals surface area contributed by atoms with Crippen molar-refractivity contribution in [3.63, 3.8) is 0 Å². The van der Waals surface area contributed by atoms with E-state index in [2.05, 4.69) is 11.9 Å². The molecule has 5 heteroatoms. The molecule has 3 rings (SSSR count). The summed E-state index contributed by atoms with van der Waals surface area (Å²) >= 11 is 0. The molecule has 144 valence electrons. The number of carbonyl (C=O) groups is 1. The highest BCUT2D eigenvalue weighted by atomic mass is 19.1. The van der Waals surface area contributed by atoms with Gasteiger partial charge in [0.2, 0.25) is 5.91 Å². The van der Waals surface area contributed by atoms with Crippen molar-refractivity contribution in [1.82, 2.24) is 9.80 Å². The Kier molecular flexibility index (Phi) is 6.45. The summed E-state index contributed by atoms with van der Waals surface area (Å²) < 4.78 is 18.4. The van der Waals surface area contributed by atoms with Gasteiger partial charge in [0.25, 0.3) is 0 Å². The van der Waals surface area contributed by atoms with Crippen LogP contribution in [0.2, 0.25) is 0 Å². The standard InChI is InChI=1S/C22H27FN2O2/c1-24-14-4-3-5-21(24)25(16-18-6-10-19(23)11-7-18)22(26)15-17-8-12-20(27-2)13-9-17/h6-13,21H,3-5,14-16H2,1-2H3. The molecule has 1 unspecified atom stereocenters. The fraction of sp³-hybridized carbons (Fsp3) is 0.409. The lowest BCUT2D eigenvalue weighted by molar-refractivity contribution is -0.138. The number of hydrogen-bond donors (Lipinski definition) is 0. The second kappa shape index (κ2) is 9.00. The molecule has 1 aliphatic heterocycles. The number of methoxy groups -OCH3 is 1. The first-order chi connectivity index (χ1) is 13.1. The van der Waals surface area contributed by atoms with E-state index in [1.165, 1.54) is 12.1 Å². The van der Waals surface area contributed by atoms with Gasteiger partial charge in [-0.1, -0.05) is 24.3 Å². The molecule has 1 fully saturated rings. The average molecular weight is 370 g/mol. The van der Waals surface area contributed by atoms with Gasteiger partial charge in [-0.25, -0.2) is 4.39 Å². The SMILES string of the molecule is COc1ccc(CC(=O)N(Cc2ccc(F)cc2)C2CCCCN2C)cc1. The molecule has 27 heavy (non-hydrogen) atoms. The van der Waals surface area contributed by atoms with Gasteiger partial charge in [0, 0.05) is 6.54 Å². The zero-order valence-electron chi connectivity index (χ0n) is 16.0. The summed E-state index contributed by atoms with van der Waals surface area (Å²) in [5.41, 5.74) is 1.90. The predicted octanol–water partition coefficient (Wildman–Crippen LogP) is 3.85. The van der Waals surface area contributed by atoms with Crippen LogP contribution in [-0.2, 0) is 17.8 Å². The zero-order valence-corrected chi connectivity index (χ0v) is 16.0. The van der Waals surface area contributed by atoms with E-state index in [4.69, 9.17) is 4.74 Å². The summed E-state index contributed by atoms with van der Waals surface area (Å²) in [4.78, 5) is 17.4. The molecule has 0 aromatic heterocycles. The van der Waals surface area contributed by atoms with E-state index < -0.39 is 0 Å². The van der Waals surface area contributed by atoms with Crippen LogP contribution in [0.1, 0.15) is 30.4 Å². The van der Waals surface area contributed by atoms with Crippen molar-refractivity contribution < 1.29 is 13.9 Å². The van der Waals surface area contributed by atoms with Gasteiger partial charge in [-0.15, -0.1) is 0 Å². The topological polar surface area (TPSA) is 32.8 Å². The molecule has 0 N–H and O–H groups in total. The molecule has 0 aliphatic carbocycles. The fourth-order valence-corrected chi connectivity index (χ4v) is 3.62. The van der Waals surface area contributed by atoms with E-state index in [-0.39, 0.29) is 17.9 Å². The number of nitrogens with zero attached hydrogens (tertiary/aromatic N) is 2. The highest BCUT2D eigenvalue weighted by Crippen LogP contribution is 2.22. The molecule has 1 aliphatic rings. The molecule has 1 amide bonds. The van der Waals surface area contributed by atoms with Crippen molar-refractivity contribution in [3.8, 4) is 5.75 Å². The van der Waals surface area contributed by atoms with Crippen molar-refractivity contribution in [3.05, 3.63) is 65.5 Å². The maximum Gasteiger partial charge on any atom is 0.228 e. The van der Waals surface area contributed by atoms with E-state index in [1.54, 1.807) is 19.2 Å². The summed E-state index contributed by atoms with van der Waals surface area (Å²) in [7, 11) is 3.70. The number of piperidine rings is 1. The van der Waals surface area contributed by atoms with Crippen LogP contribution >= 0.6 is 0 Å². The number of amides is 1. The molecular weight excluding hydrogens is 343 g/mol. The minimum Gasteiger partial charge on any atom is -0.497 e. The Bertz CT molecular complexity index is 746. The number of ether oxygens (including phenoxy) is 1. The van der Waals surface area contributed by atoms with Gasteiger partial charge in [-0.2, -0.15) is 0 Å². The Morgan fingerprint density at radius 2 is 1.78 bits per heavy atom. The number of benzene rings is 2. The van der Waals surface area contributed by atoms with Crippen molar-refractivity contribution in [2.24, 2.45) is 0 Å². The zero-order chi connectivity index (χ0) is 19.2. The number of likely N-dealkylation sites (tertiary alicyclic amines) is 1. The second-order valence-corrected chi connectivity index (χ2v) is 7.13. The largest absolute Gasteiger partial charge is 0.497 e. The smallest absolute Gasteiger partial charge is 0.228 e. The Hall–Kier alpha value is -2.40. The van der Waals surface area contributed by atoms with Crippen LogP contribution in [0, 0.1) is 5.82 Å². The monoisotopic (exact) mass is 370 g/mol. The third-order valence-corrected chi connectivity index (χ3v) is 5.19. The molecule has 0 radical (unpaired) electrons. The van der Waals surface area contributed by atoms with Gasteiger partial charge < -0.3 is 9.64 Å². The lowest BCUT2D eigenvalue weighted by atomic mass is 10.0. The summed E-state index contributed by atoms with van der Waals surface area (Å²) in [5.74, 6) is 0.606. The molecule has 1 atom stereocenters. The van der Waals surface area contributed by atoms with Crippen molar-refractivity contribution in [2.45, 2.75) is 38.4 Å². The third kappa shape index (κ3) is 5.07. The van der Waals surface area contributed by atoms with Gasteiger partial charge in [0.05, 0.1) is 19.7 Å². The van der Waals surface area contributed by atoms with Gasteiger partial charge in [0.1, 0.15) is 11.6 Å². The normalized spacial score (nSPS) is 17.5. The Morgan fingerprint density at radius 1 is 1.11 bits per heavy atom. The average Bonchev–Trinajstić information content (AvgIpc) is 2.69. The Labute approximate surface area is 160 Å². The molecule has 1 heterocycles. The molecular formula is C22H27FN2O2. The first kappa shape index (κ1) is 19.4. The second-order valence-electron chi connectivity index (χ2n) is 7.13. The van der Waals surface area contributed by atoms with Gasteiger partial charge in [0.15, 0.2) is 0 Å². The van der Waals surface area contributed by atoms with Gasteiger partial charge in [-0.3, -0.25) is 9.69 Å². The van der Waals surface area contributed by atoms with E-state index in [0.717, 1.165) is 42.7 Å². The summed E-state index contributed by atoms with van der Waals surface area (Å²) in [6, 6.07) is 14.0. The first-order valence-electron chi connectivity index (χ1n) is 9.44. The number of hydrogen-bond acceptors (Lipinski definition) is 3. The number of halogens is 1. The fourth-order valence-electron chi connectivity index (χ4n) is 3.62. The quantitative estimate of drug-likeness (QED) is 0.774. The number of rotatable bonds is 6. The molecule has 4 nitrogen and oxygen atoms in total. The van der Waals surface area contributed by atoms with Crippen LogP contribution in [0.3, 0.4) is 0 Å². The highest BCUT2D eigenvalue weighted by Gasteiger charge is 2.29. The predicted molar refractivity (Wildman–Crippen MR) is 104 cm³/mol. The molecule has 1 saturated heterocycles. The minimum absolute atomic E-state index is 0.0783. The van der Waals surface area contributed by atoms with Crippen molar-refractivity contribution in [2.75, 3.05) is 20.7 Å². The highest BCUT2D eigenvalue weighted by molar-refractivity contribution is 5.79. The first-order valence-corrected chi connectivity index (χ1v) is 9.44. The maximum atomic E-state index is 13.2. The molecule has 0 saturated carbocycles. The van der Waals surface area contributed by atoms with Crippen LogP contribution in [0.5, 0.6) is 5.75 Å². The van der Waals surface area contributed by atoms with Gasteiger partial charge in [-0.05, 0) is 68.2 Å². The van der Waals surface area contributed by atoms with Gasteiger partial charge >= 0.3 is 0 Å². The van der Waals surface area contributed by atoms with E-state index in [0.29, 0.717) is 13.0 Å². The van der Waals surface area contributed by atoms with Crippen LogP contribution in [-0.4, -0.2) is 42.6 Å². The molecule has 2 aromatic rings. The van der Waals surface area contributed by atoms with E-state index in [9.17, 15) is 9.18 Å². The van der Waals surface area contributed by atoms with Crippen molar-refractivity contribution in [1.29, 1.82) is 0 Å². The Morgan fingerprint density at radius 3 is 2.41 bits per heavy atom. The summed E-state index contributed by atoms with van der Waals surface area (Å²) in [6.07, 6.45) is 3.66. The molecule has 0 bridgehead atoms. The minimum atomic E-state index is -0.260. The molecule has 0 spiro atoms.